The van der Waals surface area contributed by atoms with Gasteiger partial charge in [-0.05, 0) is 51.5 Å². The first-order chi connectivity index (χ1) is 21.7. The lowest BCUT2D eigenvalue weighted by atomic mass is 9.70. The van der Waals surface area contributed by atoms with E-state index in [2.05, 4.69) is 18.5 Å². The molecule has 2 bridgehead atoms. The summed E-state index contributed by atoms with van der Waals surface area (Å²) in [4.78, 5) is 58.3. The highest BCUT2D eigenvalue weighted by Crippen LogP contribution is 2.59. The smallest absolute Gasteiger partial charge is 0.313 e. The molecular formula is C35H49N3O7. The van der Waals surface area contributed by atoms with Crippen molar-refractivity contribution in [2.24, 2.45) is 11.8 Å². The summed E-state index contributed by atoms with van der Waals surface area (Å²) in [5.41, 5.74) is -0.399. The normalized spacial score (nSPS) is 25.6. The number of benzene rings is 1. The molecule has 45 heavy (non-hydrogen) atoms. The molecule has 0 unspecified atom stereocenters. The van der Waals surface area contributed by atoms with Crippen molar-refractivity contribution < 1.29 is 33.8 Å². The molecular weight excluding hydrogens is 574 g/mol. The zero-order chi connectivity index (χ0) is 32.6. The van der Waals surface area contributed by atoms with Gasteiger partial charge >= 0.3 is 5.97 Å². The van der Waals surface area contributed by atoms with Gasteiger partial charge in [-0.2, -0.15) is 0 Å². The molecule has 4 rings (SSSR count). The molecule has 6 atom stereocenters. The molecule has 3 fully saturated rings. The van der Waals surface area contributed by atoms with Crippen LogP contribution in [0.3, 0.4) is 0 Å². The predicted molar refractivity (Wildman–Crippen MR) is 170 cm³/mol. The Balaban J connectivity index is 1.60. The van der Waals surface area contributed by atoms with Gasteiger partial charge in [0.15, 0.2) is 0 Å². The summed E-state index contributed by atoms with van der Waals surface area (Å²) >= 11 is 0. The van der Waals surface area contributed by atoms with E-state index >= 15 is 0 Å². The van der Waals surface area contributed by atoms with Crippen molar-refractivity contribution in [2.75, 3.05) is 26.2 Å². The Morgan fingerprint density at radius 2 is 1.89 bits per heavy atom. The van der Waals surface area contributed by atoms with Crippen molar-refractivity contribution in [1.29, 1.82) is 0 Å². The number of allylic oxidation sites excluding steroid dienone is 1. The minimum Gasteiger partial charge on any atom is -0.455 e. The van der Waals surface area contributed by atoms with Crippen molar-refractivity contribution >= 4 is 23.7 Å². The van der Waals surface area contributed by atoms with Gasteiger partial charge in [-0.3, -0.25) is 19.2 Å². The lowest BCUT2D eigenvalue weighted by molar-refractivity contribution is -0.160. The molecule has 0 aromatic heterocycles. The van der Waals surface area contributed by atoms with Crippen LogP contribution in [0.1, 0.15) is 76.9 Å². The second-order valence-electron chi connectivity index (χ2n) is 12.6. The average molecular weight is 624 g/mol. The maximum absolute atomic E-state index is 14.3. The second-order valence-corrected chi connectivity index (χ2v) is 12.6. The van der Waals surface area contributed by atoms with Gasteiger partial charge in [-0.25, -0.2) is 0 Å². The Morgan fingerprint density at radius 1 is 1.16 bits per heavy atom. The van der Waals surface area contributed by atoms with E-state index < -0.39 is 41.7 Å². The molecule has 3 amide bonds. The maximum Gasteiger partial charge on any atom is 0.313 e. The van der Waals surface area contributed by atoms with Gasteiger partial charge in [0.25, 0.3) is 0 Å². The number of aliphatic hydroxyl groups is 1. The van der Waals surface area contributed by atoms with E-state index in [-0.39, 0.29) is 43.3 Å². The first kappa shape index (κ1) is 34.4. The Kier molecular flexibility index (Phi) is 12.0. The molecule has 246 valence electrons. The van der Waals surface area contributed by atoms with E-state index in [1.807, 2.05) is 44.2 Å². The summed E-state index contributed by atoms with van der Waals surface area (Å²) in [6.45, 7) is 12.2. The number of hydrogen-bond donors (Lipinski definition) is 2. The summed E-state index contributed by atoms with van der Waals surface area (Å²) in [6, 6.07) is 8.22. The van der Waals surface area contributed by atoms with Crippen LogP contribution in [-0.2, 0) is 28.7 Å². The van der Waals surface area contributed by atoms with Crippen LogP contribution in [0.15, 0.2) is 55.6 Å². The van der Waals surface area contributed by atoms with Gasteiger partial charge < -0.3 is 29.7 Å². The molecule has 1 aromatic carbocycles. The van der Waals surface area contributed by atoms with Crippen LogP contribution in [-0.4, -0.2) is 88.6 Å². The molecule has 0 aliphatic carbocycles. The van der Waals surface area contributed by atoms with Crippen LogP contribution in [0.25, 0.3) is 0 Å². The summed E-state index contributed by atoms with van der Waals surface area (Å²) < 4.78 is 12.7. The minimum absolute atomic E-state index is 0.0830. The van der Waals surface area contributed by atoms with E-state index in [9.17, 15) is 24.3 Å². The first-order valence-electron chi connectivity index (χ1n) is 16.3. The van der Waals surface area contributed by atoms with Crippen LogP contribution >= 0.6 is 0 Å². The Morgan fingerprint density at radius 3 is 2.56 bits per heavy atom. The lowest BCUT2D eigenvalue weighted by Gasteiger charge is -2.38. The van der Waals surface area contributed by atoms with Crippen LogP contribution < -0.4 is 5.32 Å². The first-order valence-corrected chi connectivity index (χ1v) is 16.3. The van der Waals surface area contributed by atoms with Crippen molar-refractivity contribution in [1.82, 2.24) is 15.1 Å². The van der Waals surface area contributed by atoms with Crippen LogP contribution in [0, 0.1) is 11.8 Å². The number of carbonyl (C=O) groups excluding carboxylic acids is 4. The van der Waals surface area contributed by atoms with Gasteiger partial charge in [-0.15, -0.1) is 13.2 Å². The fraction of sp³-hybridized carbons (Fsp3) is 0.600. The third-order valence-corrected chi connectivity index (χ3v) is 9.34. The Hall–Kier alpha value is -3.50. The highest BCUT2D eigenvalue weighted by atomic mass is 16.6. The Bertz CT molecular complexity index is 1220. The highest BCUT2D eigenvalue weighted by molar-refractivity contribution is 5.98. The molecule has 1 aromatic rings. The number of nitrogens with zero attached hydrogens (tertiary/aromatic N) is 2. The largest absolute Gasteiger partial charge is 0.455 e. The SMILES string of the molecule is C=CCCC(=O)NC[C@@H](OC(=O)[C@@H]1[C@@H]2CC[C@]3(O2)[C@H](C(=O)N(CC=C)C(C)C)N(CCCCCCO)C(=O)[C@@H]13)c1ccccc1. The molecule has 3 aliphatic heterocycles. The number of amides is 3. The maximum atomic E-state index is 14.3. The highest BCUT2D eigenvalue weighted by Gasteiger charge is 2.75. The zero-order valence-corrected chi connectivity index (χ0v) is 26.7. The number of nitrogens with one attached hydrogen (secondary N) is 1. The molecule has 10 heteroatoms. The topological polar surface area (TPSA) is 125 Å². The third kappa shape index (κ3) is 7.33. The molecule has 1 spiro atoms. The van der Waals surface area contributed by atoms with Crippen molar-refractivity contribution in [3.05, 3.63) is 61.2 Å². The number of esters is 1. The van der Waals surface area contributed by atoms with Crippen molar-refractivity contribution in [3.8, 4) is 0 Å². The van der Waals surface area contributed by atoms with E-state index in [0.29, 0.717) is 45.2 Å². The van der Waals surface area contributed by atoms with Gasteiger partial charge in [0.2, 0.25) is 17.7 Å². The number of carbonyl (C=O) groups is 4. The van der Waals surface area contributed by atoms with E-state index in [1.54, 1.807) is 22.0 Å². The van der Waals surface area contributed by atoms with E-state index in [0.717, 1.165) is 18.4 Å². The Labute approximate surface area is 266 Å². The zero-order valence-electron chi connectivity index (χ0n) is 26.7. The fourth-order valence-corrected chi connectivity index (χ4v) is 7.18. The molecule has 0 saturated carbocycles. The van der Waals surface area contributed by atoms with Crippen molar-refractivity contribution in [3.63, 3.8) is 0 Å². The van der Waals surface area contributed by atoms with Gasteiger partial charge in [-0.1, -0.05) is 55.3 Å². The van der Waals surface area contributed by atoms with E-state index in [1.165, 1.54) is 0 Å². The molecule has 3 heterocycles. The number of ether oxygens (including phenoxy) is 2. The molecule has 3 aliphatic rings. The number of likely N-dealkylation sites (tertiary alicyclic amines) is 1. The van der Waals surface area contributed by atoms with Crippen LogP contribution in [0.2, 0.25) is 0 Å². The second kappa shape index (κ2) is 15.7. The van der Waals surface area contributed by atoms with E-state index in [4.69, 9.17) is 9.47 Å². The number of fused-ring (bicyclic) bond motifs is 1. The molecule has 2 N–H and O–H groups in total. The standard InChI is InChI=1S/C35H49N3O7/c1-5-7-17-28(40)36-23-27(25-15-11-10-12-16-25)44-34(43)29-26-18-19-35(45-26)30(29)32(41)38(21-13-8-9-14-22-39)31(35)33(42)37(20-6-2)24(3)4/h5-6,10-12,15-16,24,26-27,29-31,39H,1-2,7-9,13-14,17-23H2,3-4H3,(H,36,40)/t26-,27+,29+,30+,31-,35+/m0/s1. The monoisotopic (exact) mass is 623 g/mol. The van der Waals surface area contributed by atoms with Gasteiger partial charge in [0, 0.05) is 32.2 Å². The summed E-state index contributed by atoms with van der Waals surface area (Å²) in [5.74, 6) is -2.89. The van der Waals surface area contributed by atoms with Gasteiger partial charge in [0.05, 0.1) is 24.5 Å². The van der Waals surface area contributed by atoms with Crippen LogP contribution in [0.4, 0.5) is 0 Å². The lowest BCUT2D eigenvalue weighted by Crippen LogP contribution is -2.57. The fourth-order valence-electron chi connectivity index (χ4n) is 7.18. The summed E-state index contributed by atoms with van der Waals surface area (Å²) in [5, 5.41) is 12.0. The van der Waals surface area contributed by atoms with Gasteiger partial charge in [0.1, 0.15) is 17.7 Å². The van der Waals surface area contributed by atoms with Crippen molar-refractivity contribution in [2.45, 2.75) is 95.1 Å². The predicted octanol–water partition coefficient (Wildman–Crippen LogP) is 3.70. The molecule has 3 saturated heterocycles. The molecule has 0 radical (unpaired) electrons. The average Bonchev–Trinajstić information content (AvgIpc) is 3.68. The number of aliphatic hydroxyl groups excluding tert-OH is 1. The summed E-state index contributed by atoms with van der Waals surface area (Å²) in [6.07, 6.45) is 6.86. The summed E-state index contributed by atoms with van der Waals surface area (Å²) in [7, 11) is 0. The minimum atomic E-state index is -1.12. The molecule has 10 nitrogen and oxygen atoms in total. The number of rotatable bonds is 18. The number of unbranched alkanes of at least 4 members (excludes halogenated alkanes) is 3. The third-order valence-electron chi connectivity index (χ3n) is 9.34. The quantitative estimate of drug-likeness (QED) is 0.145. The van der Waals surface area contributed by atoms with Crippen LogP contribution in [0.5, 0.6) is 0 Å². The number of hydrogen-bond acceptors (Lipinski definition) is 7.